The molecule has 4 nitrogen and oxygen atoms in total. The van der Waals surface area contributed by atoms with Crippen molar-refractivity contribution < 1.29 is 0 Å². The Bertz CT molecular complexity index is 368. The first-order valence-corrected chi connectivity index (χ1v) is 7.46. The lowest BCUT2D eigenvalue weighted by Crippen LogP contribution is -2.40. The normalized spacial score (nSPS) is 13.9. The molecule has 5 heteroatoms. The van der Waals surface area contributed by atoms with E-state index in [2.05, 4.69) is 44.3 Å². The van der Waals surface area contributed by atoms with Crippen LogP contribution in [0.3, 0.4) is 0 Å². The maximum absolute atomic E-state index is 5.65. The molecule has 1 aromatic rings. The van der Waals surface area contributed by atoms with Gasteiger partial charge in [0.25, 0.3) is 0 Å². The fourth-order valence-electron chi connectivity index (χ4n) is 1.70. The highest BCUT2D eigenvalue weighted by Crippen LogP contribution is 2.24. The fourth-order valence-corrected chi connectivity index (χ4v) is 2.62. The highest BCUT2D eigenvalue weighted by molar-refractivity contribution is 8.00. The SMILES string of the molecule is CCc1cc(CC(CSC(C)(C)C)NN)n(C)n1. The molecule has 1 aromatic heterocycles. The smallest absolute Gasteiger partial charge is 0.0624 e. The molecule has 0 saturated carbocycles. The standard InChI is InChI=1S/C13H26N4S/c1-6-10-7-12(17(5)16-10)8-11(15-14)9-18-13(2,3)4/h7,11,15H,6,8-9,14H2,1-5H3. The van der Waals surface area contributed by atoms with Gasteiger partial charge in [-0.1, -0.05) is 27.7 Å². The molecule has 0 aromatic carbocycles. The van der Waals surface area contributed by atoms with Gasteiger partial charge in [0.1, 0.15) is 0 Å². The number of hydrogen-bond donors (Lipinski definition) is 2. The van der Waals surface area contributed by atoms with E-state index in [-0.39, 0.29) is 10.8 Å². The van der Waals surface area contributed by atoms with Crippen LogP contribution in [0.1, 0.15) is 39.1 Å². The molecule has 0 amide bonds. The average molecular weight is 270 g/mol. The molecule has 104 valence electrons. The third kappa shape index (κ3) is 5.00. The van der Waals surface area contributed by atoms with Crippen LogP contribution in [0, 0.1) is 0 Å². The quantitative estimate of drug-likeness (QED) is 0.612. The maximum Gasteiger partial charge on any atom is 0.0624 e. The average Bonchev–Trinajstić information content (AvgIpc) is 2.64. The summed E-state index contributed by atoms with van der Waals surface area (Å²) < 4.78 is 2.24. The van der Waals surface area contributed by atoms with Gasteiger partial charge in [-0.15, -0.1) is 0 Å². The largest absolute Gasteiger partial charge is 0.272 e. The minimum atomic E-state index is 0.274. The van der Waals surface area contributed by atoms with Crippen LogP contribution in [-0.2, 0) is 19.9 Å². The summed E-state index contributed by atoms with van der Waals surface area (Å²) >= 11 is 1.93. The van der Waals surface area contributed by atoms with Crippen LogP contribution < -0.4 is 11.3 Å². The van der Waals surface area contributed by atoms with Crippen LogP contribution in [0.4, 0.5) is 0 Å². The molecule has 0 fully saturated rings. The zero-order valence-corrected chi connectivity index (χ0v) is 13.0. The topological polar surface area (TPSA) is 55.9 Å². The molecule has 0 aliphatic rings. The van der Waals surface area contributed by atoms with Crippen molar-refractivity contribution in [2.24, 2.45) is 12.9 Å². The second kappa shape index (κ2) is 6.59. The molecule has 0 saturated heterocycles. The number of rotatable bonds is 6. The minimum absolute atomic E-state index is 0.274. The number of hydrogen-bond acceptors (Lipinski definition) is 4. The van der Waals surface area contributed by atoms with E-state index in [0.717, 1.165) is 24.3 Å². The summed E-state index contributed by atoms with van der Waals surface area (Å²) in [5, 5.41) is 4.47. The summed E-state index contributed by atoms with van der Waals surface area (Å²) in [5.41, 5.74) is 5.30. The Morgan fingerprint density at radius 3 is 2.61 bits per heavy atom. The van der Waals surface area contributed by atoms with E-state index >= 15 is 0 Å². The van der Waals surface area contributed by atoms with Crippen molar-refractivity contribution >= 4 is 11.8 Å². The zero-order valence-electron chi connectivity index (χ0n) is 12.2. The molecule has 18 heavy (non-hydrogen) atoms. The molecule has 1 rings (SSSR count). The molecule has 0 aliphatic carbocycles. The molecule has 1 unspecified atom stereocenters. The predicted molar refractivity (Wildman–Crippen MR) is 79.6 cm³/mol. The molecule has 3 N–H and O–H groups in total. The van der Waals surface area contributed by atoms with Crippen LogP contribution in [0.2, 0.25) is 0 Å². The molecular formula is C13H26N4S. The Hall–Kier alpha value is -0.520. The number of aromatic nitrogens is 2. The van der Waals surface area contributed by atoms with Crippen LogP contribution in [0.15, 0.2) is 6.07 Å². The van der Waals surface area contributed by atoms with Crippen LogP contribution >= 0.6 is 11.8 Å². The van der Waals surface area contributed by atoms with E-state index in [1.807, 2.05) is 23.5 Å². The first-order chi connectivity index (χ1) is 8.35. The van der Waals surface area contributed by atoms with Gasteiger partial charge in [0, 0.05) is 35.7 Å². The lowest BCUT2D eigenvalue weighted by molar-refractivity contribution is 0.549. The van der Waals surface area contributed by atoms with Gasteiger partial charge in [0.2, 0.25) is 0 Å². The van der Waals surface area contributed by atoms with Crippen molar-refractivity contribution in [1.29, 1.82) is 0 Å². The number of hydrazine groups is 1. The monoisotopic (exact) mass is 270 g/mol. The Morgan fingerprint density at radius 1 is 1.50 bits per heavy atom. The molecule has 1 atom stereocenters. The van der Waals surface area contributed by atoms with Gasteiger partial charge in [-0.2, -0.15) is 16.9 Å². The highest BCUT2D eigenvalue weighted by atomic mass is 32.2. The Labute approximate surface area is 115 Å². The Kier molecular flexibility index (Phi) is 5.69. The van der Waals surface area contributed by atoms with Gasteiger partial charge in [0.15, 0.2) is 0 Å². The number of nitrogens with two attached hydrogens (primary N) is 1. The van der Waals surface area contributed by atoms with Crippen molar-refractivity contribution in [1.82, 2.24) is 15.2 Å². The second-order valence-corrected chi connectivity index (χ2v) is 7.44. The van der Waals surface area contributed by atoms with Gasteiger partial charge in [-0.05, 0) is 12.5 Å². The lowest BCUT2D eigenvalue weighted by atomic mass is 10.1. The summed E-state index contributed by atoms with van der Waals surface area (Å²) in [5.74, 6) is 6.65. The van der Waals surface area contributed by atoms with Crippen LogP contribution in [0.25, 0.3) is 0 Å². The van der Waals surface area contributed by atoms with Crippen molar-refractivity contribution in [2.75, 3.05) is 5.75 Å². The van der Waals surface area contributed by atoms with Crippen LogP contribution in [0.5, 0.6) is 0 Å². The van der Waals surface area contributed by atoms with Crippen molar-refractivity contribution in [3.63, 3.8) is 0 Å². The summed E-state index contributed by atoms with van der Waals surface area (Å²) in [6.07, 6.45) is 1.90. The summed E-state index contributed by atoms with van der Waals surface area (Å²) in [7, 11) is 2.00. The number of aryl methyl sites for hydroxylation is 2. The molecular weight excluding hydrogens is 244 g/mol. The van der Waals surface area contributed by atoms with Gasteiger partial charge >= 0.3 is 0 Å². The lowest BCUT2D eigenvalue weighted by Gasteiger charge is -2.22. The third-order valence-corrected chi connectivity index (χ3v) is 4.23. The second-order valence-electron chi connectivity index (χ2n) is 5.60. The zero-order chi connectivity index (χ0) is 13.8. The van der Waals surface area contributed by atoms with E-state index in [4.69, 9.17) is 5.84 Å². The van der Waals surface area contributed by atoms with Crippen molar-refractivity contribution in [3.8, 4) is 0 Å². The molecule has 0 spiro atoms. The summed E-state index contributed by atoms with van der Waals surface area (Å²) in [6.45, 7) is 8.81. The summed E-state index contributed by atoms with van der Waals surface area (Å²) in [4.78, 5) is 0. The van der Waals surface area contributed by atoms with Crippen LogP contribution in [-0.4, -0.2) is 26.3 Å². The maximum atomic E-state index is 5.65. The molecule has 0 bridgehead atoms. The summed E-state index contributed by atoms with van der Waals surface area (Å²) in [6, 6.07) is 2.46. The number of thioether (sulfide) groups is 1. The van der Waals surface area contributed by atoms with Gasteiger partial charge in [-0.3, -0.25) is 16.0 Å². The third-order valence-electron chi connectivity index (χ3n) is 2.80. The van der Waals surface area contributed by atoms with Gasteiger partial charge in [0.05, 0.1) is 5.69 Å². The van der Waals surface area contributed by atoms with Gasteiger partial charge in [-0.25, -0.2) is 0 Å². The number of nitrogens with zero attached hydrogens (tertiary/aromatic N) is 2. The highest BCUT2D eigenvalue weighted by Gasteiger charge is 2.16. The Balaban J connectivity index is 2.59. The van der Waals surface area contributed by atoms with E-state index in [1.165, 1.54) is 5.69 Å². The van der Waals surface area contributed by atoms with Gasteiger partial charge < -0.3 is 0 Å². The molecule has 0 aliphatic heterocycles. The first kappa shape index (κ1) is 15.5. The fraction of sp³-hybridized carbons (Fsp3) is 0.769. The van der Waals surface area contributed by atoms with Crippen molar-refractivity contribution in [2.45, 2.75) is 51.3 Å². The van der Waals surface area contributed by atoms with E-state index in [1.54, 1.807) is 0 Å². The predicted octanol–water partition coefficient (Wildman–Crippen LogP) is 1.89. The first-order valence-electron chi connectivity index (χ1n) is 6.47. The van der Waals surface area contributed by atoms with E-state index in [0.29, 0.717) is 0 Å². The van der Waals surface area contributed by atoms with Crippen molar-refractivity contribution in [3.05, 3.63) is 17.5 Å². The van der Waals surface area contributed by atoms with E-state index in [9.17, 15) is 0 Å². The molecule has 1 heterocycles. The molecule has 0 radical (unpaired) electrons. The Morgan fingerprint density at radius 2 is 2.17 bits per heavy atom. The number of nitrogens with one attached hydrogen (secondary N) is 1. The van der Waals surface area contributed by atoms with E-state index < -0.39 is 0 Å². The minimum Gasteiger partial charge on any atom is -0.272 e.